The number of rotatable bonds is 16. The lowest BCUT2D eigenvalue weighted by molar-refractivity contribution is -0.432. The molecule has 2 unspecified atom stereocenters. The maximum Gasteiger partial charge on any atom is 0.291 e. The first-order valence-electron chi connectivity index (χ1n) is 11.2. The summed E-state index contributed by atoms with van der Waals surface area (Å²) in [7, 11) is 0. The van der Waals surface area contributed by atoms with Gasteiger partial charge in [0, 0.05) is 19.8 Å². The van der Waals surface area contributed by atoms with Crippen molar-refractivity contribution >= 4 is 0 Å². The number of hydrogen-bond donors (Lipinski definition) is 0. The fourth-order valence-electron chi connectivity index (χ4n) is 3.85. The van der Waals surface area contributed by atoms with Crippen molar-refractivity contribution in [2.45, 2.75) is 105 Å². The van der Waals surface area contributed by atoms with Crippen LogP contribution in [0.4, 0.5) is 0 Å². The van der Waals surface area contributed by atoms with Gasteiger partial charge in [-0.15, -0.1) is 6.58 Å². The third kappa shape index (κ3) is 8.23. The Morgan fingerprint density at radius 2 is 1.33 bits per heavy atom. The Hall–Kier alpha value is -0.420. The molecule has 0 aromatic rings. The van der Waals surface area contributed by atoms with Crippen molar-refractivity contribution in [1.29, 1.82) is 0 Å². The third-order valence-electron chi connectivity index (χ3n) is 5.17. The van der Waals surface area contributed by atoms with Gasteiger partial charge in [0.15, 0.2) is 0 Å². The van der Waals surface area contributed by atoms with Crippen LogP contribution in [0.3, 0.4) is 0 Å². The molecule has 162 valence electrons. The molecule has 0 spiro atoms. The van der Waals surface area contributed by atoms with Crippen LogP contribution >= 0.6 is 0 Å². The first-order chi connectivity index (χ1) is 13.1. The van der Waals surface area contributed by atoms with E-state index in [1.54, 1.807) is 6.08 Å². The molecule has 1 rings (SSSR count). The Labute approximate surface area is 169 Å². The molecular weight excluding hydrogens is 340 g/mol. The molecule has 0 aromatic carbocycles. The Morgan fingerprint density at radius 1 is 0.889 bits per heavy atom. The second-order valence-electron chi connectivity index (χ2n) is 7.11. The molecule has 1 saturated heterocycles. The van der Waals surface area contributed by atoms with E-state index in [-0.39, 0.29) is 11.5 Å². The molecule has 0 N–H and O–H groups in total. The number of hydrogen-bond acceptors (Lipinski definition) is 4. The second-order valence-corrected chi connectivity index (χ2v) is 7.11. The summed E-state index contributed by atoms with van der Waals surface area (Å²) >= 11 is 0. The predicted molar refractivity (Wildman–Crippen MR) is 114 cm³/mol. The normalized spacial score (nSPS) is 18.4. The van der Waals surface area contributed by atoms with Crippen LogP contribution in [-0.2, 0) is 18.9 Å². The van der Waals surface area contributed by atoms with Crippen molar-refractivity contribution in [3.63, 3.8) is 0 Å². The van der Waals surface area contributed by atoms with Gasteiger partial charge in [-0.05, 0) is 40.5 Å². The van der Waals surface area contributed by atoms with Gasteiger partial charge in [-0.2, -0.15) is 0 Å². The minimum atomic E-state index is -0.982. The van der Waals surface area contributed by atoms with Crippen molar-refractivity contribution in [2.24, 2.45) is 5.41 Å². The van der Waals surface area contributed by atoms with Crippen LogP contribution in [0.15, 0.2) is 12.7 Å². The van der Waals surface area contributed by atoms with Crippen molar-refractivity contribution in [2.75, 3.05) is 26.4 Å². The zero-order valence-corrected chi connectivity index (χ0v) is 19.0. The summed E-state index contributed by atoms with van der Waals surface area (Å²) in [6.07, 6.45) is 11.6. The van der Waals surface area contributed by atoms with Crippen LogP contribution in [0.5, 0.6) is 0 Å². The van der Waals surface area contributed by atoms with Gasteiger partial charge < -0.3 is 18.9 Å². The molecule has 2 atom stereocenters. The lowest BCUT2D eigenvalue weighted by Crippen LogP contribution is -2.57. The molecule has 27 heavy (non-hydrogen) atoms. The molecule has 4 nitrogen and oxygen atoms in total. The van der Waals surface area contributed by atoms with Gasteiger partial charge in [-0.25, -0.2) is 0 Å². The van der Waals surface area contributed by atoms with Crippen molar-refractivity contribution in [3.05, 3.63) is 12.7 Å². The van der Waals surface area contributed by atoms with E-state index in [1.807, 2.05) is 27.7 Å². The Bertz CT molecular complexity index is 337. The maximum absolute atomic E-state index is 6.14. The third-order valence-corrected chi connectivity index (χ3v) is 5.17. The summed E-state index contributed by atoms with van der Waals surface area (Å²) < 4.78 is 24.2. The van der Waals surface area contributed by atoms with Gasteiger partial charge >= 0.3 is 0 Å². The summed E-state index contributed by atoms with van der Waals surface area (Å²) in [6.45, 7) is 18.3. The summed E-state index contributed by atoms with van der Waals surface area (Å²) in [6, 6.07) is 0. The van der Waals surface area contributed by atoms with Crippen molar-refractivity contribution in [3.8, 4) is 0 Å². The van der Waals surface area contributed by atoms with Gasteiger partial charge in [0.2, 0.25) is 0 Å². The molecule has 1 heterocycles. The summed E-state index contributed by atoms with van der Waals surface area (Å²) in [5.41, 5.74) is -0.222. The lowest BCUT2D eigenvalue weighted by Gasteiger charge is -2.47. The van der Waals surface area contributed by atoms with Crippen LogP contribution in [0.25, 0.3) is 0 Å². The standard InChI is InChI=1S/C20H40O4.C3H6/c1-6-11-12-13-14-15-16-19(7-2,18-17-21-18)20(22-8-3,23-9-4)24-10-5;1-3-2/h18H,6-17H2,1-5H3;3H,1H2,2H3. The maximum atomic E-state index is 6.14. The Kier molecular flexibility index (Phi) is 15.3. The summed E-state index contributed by atoms with van der Waals surface area (Å²) in [4.78, 5) is 0. The minimum absolute atomic E-state index is 0.183. The van der Waals surface area contributed by atoms with Gasteiger partial charge in [0.05, 0.1) is 18.1 Å². The predicted octanol–water partition coefficient (Wildman–Crippen LogP) is 6.49. The van der Waals surface area contributed by atoms with E-state index in [2.05, 4.69) is 20.4 Å². The van der Waals surface area contributed by atoms with Crippen LogP contribution < -0.4 is 0 Å². The van der Waals surface area contributed by atoms with E-state index < -0.39 is 5.97 Å². The highest BCUT2D eigenvalue weighted by Gasteiger charge is 2.62. The van der Waals surface area contributed by atoms with Gasteiger partial charge in [0.1, 0.15) is 0 Å². The SMILES string of the molecule is C=CC.CCCCCCCCC(CC)(C1CO1)C(OCC)(OCC)OCC. The van der Waals surface area contributed by atoms with E-state index in [4.69, 9.17) is 18.9 Å². The number of epoxide rings is 1. The first-order valence-corrected chi connectivity index (χ1v) is 11.2. The molecule has 4 heteroatoms. The van der Waals surface area contributed by atoms with E-state index in [0.717, 1.165) is 19.4 Å². The van der Waals surface area contributed by atoms with Crippen LogP contribution in [0, 0.1) is 5.41 Å². The van der Waals surface area contributed by atoms with E-state index in [0.29, 0.717) is 19.8 Å². The highest BCUT2D eigenvalue weighted by Crippen LogP contribution is 2.52. The molecule has 1 aliphatic heterocycles. The average Bonchev–Trinajstić information content (AvgIpc) is 3.48. The molecule has 0 radical (unpaired) electrons. The van der Waals surface area contributed by atoms with Crippen molar-refractivity contribution < 1.29 is 18.9 Å². The monoisotopic (exact) mass is 386 g/mol. The van der Waals surface area contributed by atoms with E-state index in [9.17, 15) is 0 Å². The first kappa shape index (κ1) is 26.6. The smallest absolute Gasteiger partial charge is 0.291 e. The summed E-state index contributed by atoms with van der Waals surface area (Å²) in [5.74, 6) is -0.982. The highest BCUT2D eigenvalue weighted by molar-refractivity contribution is 4.99. The van der Waals surface area contributed by atoms with Gasteiger partial charge in [0.25, 0.3) is 5.97 Å². The second kappa shape index (κ2) is 15.5. The zero-order valence-electron chi connectivity index (χ0n) is 19.0. The molecule has 0 saturated carbocycles. The average molecular weight is 387 g/mol. The lowest BCUT2D eigenvalue weighted by atomic mass is 9.74. The van der Waals surface area contributed by atoms with Crippen LogP contribution in [-0.4, -0.2) is 38.5 Å². The fourth-order valence-corrected chi connectivity index (χ4v) is 3.85. The quantitative estimate of drug-likeness (QED) is 0.132. The topological polar surface area (TPSA) is 40.2 Å². The largest absolute Gasteiger partial charge is 0.372 e. The Balaban J connectivity index is 0.00000210. The molecule has 0 aromatic heterocycles. The van der Waals surface area contributed by atoms with Gasteiger partial charge in [-0.3, -0.25) is 0 Å². The number of ether oxygens (including phenoxy) is 4. The molecule has 1 fully saturated rings. The van der Waals surface area contributed by atoms with E-state index >= 15 is 0 Å². The zero-order chi connectivity index (χ0) is 20.6. The molecule has 1 aliphatic rings. The van der Waals surface area contributed by atoms with Crippen LogP contribution in [0.2, 0.25) is 0 Å². The fraction of sp³-hybridized carbons (Fsp3) is 0.913. The van der Waals surface area contributed by atoms with Crippen LogP contribution in [0.1, 0.15) is 92.9 Å². The van der Waals surface area contributed by atoms with E-state index in [1.165, 1.54) is 38.5 Å². The van der Waals surface area contributed by atoms with Gasteiger partial charge in [-0.1, -0.05) is 58.4 Å². The Morgan fingerprint density at radius 3 is 1.70 bits per heavy atom. The molecule has 0 bridgehead atoms. The highest BCUT2D eigenvalue weighted by atomic mass is 16.9. The minimum Gasteiger partial charge on any atom is -0.372 e. The van der Waals surface area contributed by atoms with Crippen molar-refractivity contribution in [1.82, 2.24) is 0 Å². The number of allylic oxidation sites excluding steroid dienone is 1. The summed E-state index contributed by atoms with van der Waals surface area (Å²) in [5, 5.41) is 0. The molecule has 0 amide bonds. The molecule has 0 aliphatic carbocycles. The molecular formula is C23H46O4. The number of unbranched alkanes of at least 4 members (excludes halogenated alkanes) is 5.